The van der Waals surface area contributed by atoms with E-state index in [4.69, 9.17) is 11.6 Å². The van der Waals surface area contributed by atoms with Crippen LogP contribution in [0.4, 0.5) is 0 Å². The van der Waals surface area contributed by atoms with E-state index in [1.165, 1.54) is 6.26 Å². The van der Waals surface area contributed by atoms with Crippen LogP contribution in [0.2, 0.25) is 0 Å². The van der Waals surface area contributed by atoms with E-state index in [-0.39, 0.29) is 5.78 Å². The van der Waals surface area contributed by atoms with Gasteiger partial charge in [-0.2, -0.15) is 0 Å². The van der Waals surface area contributed by atoms with Gasteiger partial charge in [0.1, 0.15) is 0 Å². The molecule has 0 aliphatic carbocycles. The summed E-state index contributed by atoms with van der Waals surface area (Å²) >= 11 is 5.65. The number of benzene rings is 1. The monoisotopic (exact) mass is 216 g/mol. The van der Waals surface area contributed by atoms with E-state index in [2.05, 4.69) is 0 Å². The lowest BCUT2D eigenvalue weighted by atomic mass is 10.1. The highest BCUT2D eigenvalue weighted by atomic mass is 35.5. The smallest absolute Gasteiger partial charge is 0.193 e. The van der Waals surface area contributed by atoms with Gasteiger partial charge < -0.3 is 0 Å². The van der Waals surface area contributed by atoms with Crippen LogP contribution in [-0.4, -0.2) is 21.0 Å². The Hall–Kier alpha value is -0.670. The summed E-state index contributed by atoms with van der Waals surface area (Å²) in [5.41, 5.74) is 0.498. The van der Waals surface area contributed by atoms with E-state index >= 15 is 0 Å². The number of halogens is 1. The summed E-state index contributed by atoms with van der Waals surface area (Å²) in [5, 5.41) is 0. The molecule has 0 aliphatic rings. The molecule has 2 atom stereocenters. The quantitative estimate of drug-likeness (QED) is 0.571. The van der Waals surface area contributed by atoms with Crippen LogP contribution in [0, 0.1) is 0 Å². The lowest BCUT2D eigenvalue weighted by Crippen LogP contribution is -2.18. The summed E-state index contributed by atoms with van der Waals surface area (Å²) in [6.07, 6.45) is 1.42. The first-order valence-electron chi connectivity index (χ1n) is 3.68. The molecule has 13 heavy (non-hydrogen) atoms. The van der Waals surface area contributed by atoms with Crippen molar-refractivity contribution in [2.75, 3.05) is 6.26 Å². The number of carbonyl (C=O) groups is 1. The van der Waals surface area contributed by atoms with Crippen molar-refractivity contribution in [3.63, 3.8) is 0 Å². The highest BCUT2D eigenvalue weighted by Crippen LogP contribution is 2.10. The third-order valence-corrected chi connectivity index (χ3v) is 3.30. The van der Waals surface area contributed by atoms with Gasteiger partial charge in [-0.15, -0.1) is 0 Å². The first-order valence-corrected chi connectivity index (χ1v) is 5.74. The van der Waals surface area contributed by atoms with Crippen LogP contribution >= 0.6 is 11.6 Å². The molecule has 0 aromatic heterocycles. The zero-order valence-corrected chi connectivity index (χ0v) is 8.64. The number of rotatable bonds is 3. The molecule has 70 valence electrons. The second-order valence-corrected chi connectivity index (χ2v) is 4.71. The highest BCUT2D eigenvalue weighted by Gasteiger charge is 2.20. The molecular weight excluding hydrogens is 208 g/mol. The van der Waals surface area contributed by atoms with Gasteiger partial charge in [-0.3, -0.25) is 9.00 Å². The Kier molecular flexibility index (Phi) is 3.63. The minimum Gasteiger partial charge on any atom is -0.291 e. The topological polar surface area (TPSA) is 34.1 Å². The number of Topliss-reactive ketones (excluding diaryl/α,β-unsaturated/α-hetero) is 1. The molecule has 0 radical (unpaired) electrons. The Morgan fingerprint density at radius 2 is 1.92 bits per heavy atom. The fourth-order valence-corrected chi connectivity index (χ4v) is 1.45. The predicted octanol–water partition coefficient (Wildman–Crippen LogP) is 1.81. The van der Waals surface area contributed by atoms with Gasteiger partial charge >= 0.3 is 0 Å². The number of ketones is 1. The normalized spacial score (nSPS) is 14.9. The van der Waals surface area contributed by atoms with Gasteiger partial charge in [-0.25, -0.2) is 0 Å². The Morgan fingerprint density at radius 3 is 2.38 bits per heavy atom. The van der Waals surface area contributed by atoms with Crippen molar-refractivity contribution in [1.82, 2.24) is 0 Å². The van der Waals surface area contributed by atoms with Crippen molar-refractivity contribution in [2.45, 2.75) is 4.71 Å². The van der Waals surface area contributed by atoms with Crippen molar-refractivity contribution in [3.8, 4) is 0 Å². The summed E-state index contributed by atoms with van der Waals surface area (Å²) in [7, 11) is -1.33. The standard InChI is InChI=1S/C9H9ClO2S/c1-13(12)9(10)8(11)7-5-3-2-4-6-7/h2-6,9H,1H3/t9-,13-/m1/s1. The van der Waals surface area contributed by atoms with Crippen LogP contribution < -0.4 is 0 Å². The highest BCUT2D eigenvalue weighted by molar-refractivity contribution is 7.87. The van der Waals surface area contributed by atoms with Crippen LogP contribution in [0.5, 0.6) is 0 Å². The van der Waals surface area contributed by atoms with Crippen molar-refractivity contribution in [3.05, 3.63) is 35.9 Å². The molecule has 2 nitrogen and oxygen atoms in total. The first-order chi connectivity index (χ1) is 6.13. The van der Waals surface area contributed by atoms with E-state index in [0.29, 0.717) is 5.56 Å². The van der Waals surface area contributed by atoms with Crippen LogP contribution in [0.15, 0.2) is 30.3 Å². The molecule has 1 rings (SSSR count). The third-order valence-electron chi connectivity index (χ3n) is 1.56. The summed E-state index contributed by atoms with van der Waals surface area (Å²) in [6.45, 7) is 0. The average Bonchev–Trinajstić information content (AvgIpc) is 2.17. The van der Waals surface area contributed by atoms with Crippen LogP contribution in [-0.2, 0) is 10.8 Å². The van der Waals surface area contributed by atoms with Crippen molar-refractivity contribution >= 4 is 28.2 Å². The molecule has 1 aromatic carbocycles. The lowest BCUT2D eigenvalue weighted by molar-refractivity contribution is 0.101. The molecule has 0 aliphatic heterocycles. The summed E-state index contributed by atoms with van der Waals surface area (Å²) in [6, 6.07) is 8.61. The fraction of sp³-hybridized carbons (Fsp3) is 0.222. The molecule has 0 saturated carbocycles. The van der Waals surface area contributed by atoms with Gasteiger partial charge in [0, 0.05) is 22.6 Å². The minimum absolute atomic E-state index is 0.289. The number of hydrogen-bond acceptors (Lipinski definition) is 2. The minimum atomic E-state index is -1.33. The van der Waals surface area contributed by atoms with Crippen LogP contribution in [0.3, 0.4) is 0 Å². The lowest BCUT2D eigenvalue weighted by Gasteiger charge is -2.04. The average molecular weight is 217 g/mol. The molecule has 0 unspecified atom stereocenters. The molecule has 0 N–H and O–H groups in total. The van der Waals surface area contributed by atoms with E-state index < -0.39 is 15.5 Å². The van der Waals surface area contributed by atoms with Crippen molar-refractivity contribution < 1.29 is 9.00 Å². The van der Waals surface area contributed by atoms with E-state index in [0.717, 1.165) is 0 Å². The number of alkyl halides is 1. The van der Waals surface area contributed by atoms with Gasteiger partial charge in [0.15, 0.2) is 10.5 Å². The fourth-order valence-electron chi connectivity index (χ4n) is 0.884. The number of hydrogen-bond donors (Lipinski definition) is 0. The molecule has 4 heteroatoms. The summed E-state index contributed by atoms with van der Waals surface area (Å²) < 4.78 is 9.97. The maximum absolute atomic E-state index is 11.5. The van der Waals surface area contributed by atoms with Gasteiger partial charge in [-0.05, 0) is 0 Å². The van der Waals surface area contributed by atoms with Gasteiger partial charge in [0.2, 0.25) is 0 Å². The zero-order chi connectivity index (χ0) is 9.84. The maximum atomic E-state index is 11.5. The Balaban J connectivity index is 2.86. The first kappa shape index (κ1) is 10.4. The molecular formula is C9H9ClO2S. The van der Waals surface area contributed by atoms with E-state index in [1.54, 1.807) is 24.3 Å². The zero-order valence-electron chi connectivity index (χ0n) is 7.07. The molecule has 0 heterocycles. The molecule has 0 fully saturated rings. The largest absolute Gasteiger partial charge is 0.291 e. The molecule has 0 bridgehead atoms. The second-order valence-electron chi connectivity index (χ2n) is 2.54. The summed E-state index contributed by atoms with van der Waals surface area (Å²) in [5.74, 6) is -0.289. The third kappa shape index (κ3) is 2.64. The Bertz CT molecular complexity index is 324. The van der Waals surface area contributed by atoms with E-state index in [9.17, 15) is 9.00 Å². The molecule has 0 spiro atoms. The maximum Gasteiger partial charge on any atom is 0.193 e. The van der Waals surface area contributed by atoms with Crippen LogP contribution in [0.25, 0.3) is 0 Å². The van der Waals surface area contributed by atoms with Crippen molar-refractivity contribution in [2.24, 2.45) is 0 Å². The second kappa shape index (κ2) is 4.53. The van der Waals surface area contributed by atoms with Gasteiger partial charge in [0.25, 0.3) is 0 Å². The number of carbonyl (C=O) groups excluding carboxylic acids is 1. The Morgan fingerprint density at radius 1 is 1.38 bits per heavy atom. The SMILES string of the molecule is C[S@@](=O)[C@@H](Cl)C(=O)c1ccccc1. The van der Waals surface area contributed by atoms with Gasteiger partial charge in [0.05, 0.1) is 0 Å². The van der Waals surface area contributed by atoms with Crippen LogP contribution in [0.1, 0.15) is 10.4 Å². The molecule has 0 amide bonds. The predicted molar refractivity (Wildman–Crippen MR) is 54.5 cm³/mol. The van der Waals surface area contributed by atoms with E-state index in [1.807, 2.05) is 6.07 Å². The van der Waals surface area contributed by atoms with Crippen molar-refractivity contribution in [1.29, 1.82) is 0 Å². The summed E-state index contributed by atoms with van der Waals surface area (Å²) in [4.78, 5) is 11.5. The Labute approximate surface area is 84.4 Å². The molecule has 0 saturated heterocycles. The van der Waals surface area contributed by atoms with Gasteiger partial charge in [-0.1, -0.05) is 41.9 Å². The molecule has 1 aromatic rings.